The monoisotopic (exact) mass is 324 g/mol. The summed E-state index contributed by atoms with van der Waals surface area (Å²) in [6, 6.07) is 10.5. The van der Waals surface area contributed by atoms with Crippen molar-refractivity contribution in [3.05, 3.63) is 35.9 Å². The van der Waals surface area contributed by atoms with Gasteiger partial charge in [0.25, 0.3) is 0 Å². The van der Waals surface area contributed by atoms with Gasteiger partial charge >= 0.3 is 0 Å². The second-order valence-electron chi connectivity index (χ2n) is 6.24. The lowest BCUT2D eigenvalue weighted by Crippen LogP contribution is -2.50. The smallest absolute Gasteiger partial charge is 0.230 e. The third-order valence-corrected chi connectivity index (χ3v) is 5.04. The van der Waals surface area contributed by atoms with Gasteiger partial charge in [0.2, 0.25) is 5.91 Å². The number of rotatable bonds is 3. The van der Waals surface area contributed by atoms with Crippen LogP contribution >= 0.6 is 12.4 Å². The van der Waals surface area contributed by atoms with Crippen molar-refractivity contribution < 1.29 is 9.53 Å². The summed E-state index contributed by atoms with van der Waals surface area (Å²) in [6.07, 6.45) is 2.57. The molecule has 2 fully saturated rings. The molecular weight excluding hydrogens is 300 g/mol. The van der Waals surface area contributed by atoms with E-state index in [4.69, 9.17) is 10.5 Å². The predicted octanol–water partition coefficient (Wildman–Crippen LogP) is 2.18. The van der Waals surface area contributed by atoms with Crippen LogP contribution in [0.3, 0.4) is 0 Å². The van der Waals surface area contributed by atoms with Gasteiger partial charge in [-0.3, -0.25) is 4.79 Å². The molecule has 2 aliphatic rings. The minimum atomic E-state index is -0.385. The van der Waals surface area contributed by atoms with Gasteiger partial charge in [0.15, 0.2) is 0 Å². The van der Waals surface area contributed by atoms with Gasteiger partial charge in [-0.1, -0.05) is 30.3 Å². The van der Waals surface area contributed by atoms with Crippen molar-refractivity contribution in [3.8, 4) is 0 Å². The molecule has 1 aromatic carbocycles. The van der Waals surface area contributed by atoms with Crippen molar-refractivity contribution in [2.75, 3.05) is 32.8 Å². The molecule has 1 aromatic rings. The zero-order chi connectivity index (χ0) is 14.7. The Morgan fingerprint density at radius 1 is 1.27 bits per heavy atom. The lowest BCUT2D eigenvalue weighted by atomic mass is 9.79. The minimum absolute atomic E-state index is 0. The third-order valence-electron chi connectivity index (χ3n) is 5.04. The van der Waals surface area contributed by atoms with Crippen LogP contribution in [0, 0.1) is 5.41 Å². The highest BCUT2D eigenvalue weighted by Gasteiger charge is 2.43. The van der Waals surface area contributed by atoms with E-state index in [1.165, 1.54) is 5.56 Å². The number of ether oxygens (including phenoxy) is 1. The molecule has 2 N–H and O–H groups in total. The topological polar surface area (TPSA) is 55.6 Å². The van der Waals surface area contributed by atoms with E-state index in [0.717, 1.165) is 32.4 Å². The van der Waals surface area contributed by atoms with Crippen LogP contribution in [0.2, 0.25) is 0 Å². The number of carbonyl (C=O) groups excluding carboxylic acids is 1. The van der Waals surface area contributed by atoms with E-state index in [9.17, 15) is 4.79 Å². The summed E-state index contributed by atoms with van der Waals surface area (Å²) >= 11 is 0. The summed E-state index contributed by atoms with van der Waals surface area (Å²) in [6.45, 7) is 3.41. The molecule has 122 valence electrons. The van der Waals surface area contributed by atoms with Crippen molar-refractivity contribution in [3.63, 3.8) is 0 Å². The Balaban J connectivity index is 0.00000176. The molecule has 4 nitrogen and oxygen atoms in total. The number of amides is 1. The van der Waals surface area contributed by atoms with Crippen molar-refractivity contribution >= 4 is 18.3 Å². The van der Waals surface area contributed by atoms with E-state index >= 15 is 0 Å². The second-order valence-corrected chi connectivity index (χ2v) is 6.24. The van der Waals surface area contributed by atoms with Crippen LogP contribution in [0.15, 0.2) is 30.3 Å². The number of hydrogen-bond donors (Lipinski definition) is 1. The average Bonchev–Trinajstić information content (AvgIpc) is 3.05. The molecule has 0 aromatic heterocycles. The predicted molar refractivity (Wildman–Crippen MR) is 89.2 cm³/mol. The molecule has 2 heterocycles. The van der Waals surface area contributed by atoms with Crippen molar-refractivity contribution in [1.82, 2.24) is 4.90 Å². The molecule has 1 amide bonds. The minimum Gasteiger partial charge on any atom is -0.381 e. The number of carbonyl (C=O) groups is 1. The van der Waals surface area contributed by atoms with Gasteiger partial charge in [-0.2, -0.15) is 0 Å². The molecule has 0 radical (unpaired) electrons. The van der Waals surface area contributed by atoms with Crippen molar-refractivity contribution in [2.24, 2.45) is 11.1 Å². The van der Waals surface area contributed by atoms with Gasteiger partial charge in [0.1, 0.15) is 0 Å². The number of nitrogens with two attached hydrogens (primary N) is 1. The van der Waals surface area contributed by atoms with Gasteiger partial charge in [0.05, 0.1) is 5.41 Å². The zero-order valence-corrected chi connectivity index (χ0v) is 13.7. The highest BCUT2D eigenvalue weighted by Crippen LogP contribution is 2.35. The van der Waals surface area contributed by atoms with Crippen LogP contribution in [0.4, 0.5) is 0 Å². The largest absolute Gasteiger partial charge is 0.381 e. The van der Waals surface area contributed by atoms with E-state index in [-0.39, 0.29) is 23.7 Å². The van der Waals surface area contributed by atoms with E-state index in [0.29, 0.717) is 25.7 Å². The van der Waals surface area contributed by atoms with E-state index in [1.807, 2.05) is 11.0 Å². The summed E-state index contributed by atoms with van der Waals surface area (Å²) in [5, 5.41) is 0. The Labute approximate surface area is 138 Å². The normalized spacial score (nSPS) is 23.9. The van der Waals surface area contributed by atoms with Gasteiger partial charge in [-0.25, -0.2) is 0 Å². The highest BCUT2D eigenvalue weighted by atomic mass is 35.5. The van der Waals surface area contributed by atoms with Crippen LogP contribution in [0.1, 0.15) is 30.7 Å². The molecule has 0 spiro atoms. The van der Waals surface area contributed by atoms with E-state index in [2.05, 4.69) is 24.3 Å². The Hall–Kier alpha value is -1.10. The van der Waals surface area contributed by atoms with Crippen LogP contribution in [-0.4, -0.2) is 43.7 Å². The molecule has 1 atom stereocenters. The molecule has 0 aliphatic carbocycles. The molecule has 3 rings (SSSR count). The van der Waals surface area contributed by atoms with Crippen molar-refractivity contribution in [2.45, 2.75) is 25.2 Å². The Morgan fingerprint density at radius 3 is 2.59 bits per heavy atom. The summed E-state index contributed by atoms with van der Waals surface area (Å²) in [4.78, 5) is 14.9. The first-order valence-corrected chi connectivity index (χ1v) is 7.87. The number of benzene rings is 1. The maximum absolute atomic E-state index is 12.9. The Bertz CT molecular complexity index is 489. The van der Waals surface area contributed by atoms with Crippen LogP contribution < -0.4 is 5.73 Å². The van der Waals surface area contributed by atoms with Crippen LogP contribution in [0.25, 0.3) is 0 Å². The van der Waals surface area contributed by atoms with Crippen LogP contribution in [-0.2, 0) is 9.53 Å². The zero-order valence-electron chi connectivity index (χ0n) is 12.9. The maximum Gasteiger partial charge on any atom is 0.230 e. The number of hydrogen-bond acceptors (Lipinski definition) is 3. The van der Waals surface area contributed by atoms with Gasteiger partial charge < -0.3 is 15.4 Å². The fourth-order valence-corrected chi connectivity index (χ4v) is 3.54. The molecule has 2 saturated heterocycles. The molecular formula is C17H25ClN2O2. The molecule has 0 bridgehead atoms. The molecule has 2 aliphatic heterocycles. The van der Waals surface area contributed by atoms with E-state index < -0.39 is 0 Å². The summed E-state index contributed by atoms with van der Waals surface area (Å²) < 4.78 is 5.40. The molecule has 0 saturated carbocycles. The standard InChI is InChI=1S/C17H24N2O2.ClH/c18-13-17(7-10-21-11-8-17)16(20)19-9-6-15(12-19)14-4-2-1-3-5-14;/h1-5,15H,6-13,18H2;1H. The fraction of sp³-hybridized carbons (Fsp3) is 0.588. The first-order chi connectivity index (χ1) is 10.2. The Morgan fingerprint density at radius 2 is 1.95 bits per heavy atom. The summed E-state index contributed by atoms with van der Waals surface area (Å²) in [7, 11) is 0. The highest BCUT2D eigenvalue weighted by molar-refractivity contribution is 5.85. The molecule has 22 heavy (non-hydrogen) atoms. The van der Waals surface area contributed by atoms with Crippen LogP contribution in [0.5, 0.6) is 0 Å². The second kappa shape index (κ2) is 7.44. The fourth-order valence-electron chi connectivity index (χ4n) is 3.54. The number of nitrogens with zero attached hydrogens (tertiary/aromatic N) is 1. The molecule has 1 unspecified atom stereocenters. The first kappa shape index (κ1) is 17.3. The average molecular weight is 325 g/mol. The quantitative estimate of drug-likeness (QED) is 0.927. The lowest BCUT2D eigenvalue weighted by molar-refractivity contribution is -0.146. The third kappa shape index (κ3) is 3.29. The first-order valence-electron chi connectivity index (χ1n) is 7.87. The van der Waals surface area contributed by atoms with Gasteiger partial charge in [-0.15, -0.1) is 12.4 Å². The van der Waals surface area contributed by atoms with Gasteiger partial charge in [0, 0.05) is 38.8 Å². The number of halogens is 1. The molecule has 5 heteroatoms. The summed E-state index contributed by atoms with van der Waals surface area (Å²) in [5.41, 5.74) is 6.90. The van der Waals surface area contributed by atoms with Gasteiger partial charge in [-0.05, 0) is 24.8 Å². The Kier molecular flexibility index (Phi) is 5.84. The lowest BCUT2D eigenvalue weighted by Gasteiger charge is -2.37. The maximum atomic E-state index is 12.9. The van der Waals surface area contributed by atoms with Crippen molar-refractivity contribution in [1.29, 1.82) is 0 Å². The van der Waals surface area contributed by atoms with E-state index in [1.54, 1.807) is 0 Å². The number of likely N-dealkylation sites (tertiary alicyclic amines) is 1. The summed E-state index contributed by atoms with van der Waals surface area (Å²) in [5.74, 6) is 0.705. The SMILES string of the molecule is Cl.NCC1(C(=O)N2CCC(c3ccccc3)C2)CCOCC1.